The van der Waals surface area contributed by atoms with E-state index in [0.717, 1.165) is 14.6 Å². The van der Waals surface area contributed by atoms with Crippen LogP contribution in [0, 0.1) is 0 Å². The van der Waals surface area contributed by atoms with Gasteiger partial charge in [0.2, 0.25) is 5.91 Å². The van der Waals surface area contributed by atoms with Gasteiger partial charge < -0.3 is 5.32 Å². The number of nitrogens with zero attached hydrogens (tertiary/aromatic N) is 2. The maximum atomic E-state index is 11.8. The van der Waals surface area contributed by atoms with Gasteiger partial charge in [0.25, 0.3) is 5.91 Å². The number of fused-ring (bicyclic) bond motifs is 1. The molecule has 5 nitrogen and oxygen atoms in total. The molecule has 1 aliphatic rings. The Bertz CT molecular complexity index is 708. The predicted octanol–water partition coefficient (Wildman–Crippen LogP) is 2.52. The highest BCUT2D eigenvalue weighted by Crippen LogP contribution is 2.29. The monoisotopic (exact) mass is 337 g/mol. The van der Waals surface area contributed by atoms with E-state index >= 15 is 0 Å². The summed E-state index contributed by atoms with van der Waals surface area (Å²) in [7, 11) is 0. The molecule has 1 N–H and O–H groups in total. The third kappa shape index (κ3) is 3.45. The van der Waals surface area contributed by atoms with E-state index in [1.807, 2.05) is 24.3 Å². The number of para-hydroxylation sites is 1. The van der Waals surface area contributed by atoms with Crippen LogP contribution in [0.4, 0.5) is 0 Å². The van der Waals surface area contributed by atoms with Gasteiger partial charge in [-0.05, 0) is 19.1 Å². The Hall–Kier alpha value is -1.38. The summed E-state index contributed by atoms with van der Waals surface area (Å²) in [5.74, 6) is -0.122. The fraction of sp³-hybridized carbons (Fsp3) is 0.231. The van der Waals surface area contributed by atoms with Gasteiger partial charge in [0, 0.05) is 0 Å². The minimum Gasteiger partial charge on any atom is -0.304 e. The van der Waals surface area contributed by atoms with E-state index in [1.165, 1.54) is 23.5 Å². The van der Waals surface area contributed by atoms with E-state index in [2.05, 4.69) is 15.3 Å². The summed E-state index contributed by atoms with van der Waals surface area (Å²) in [5.41, 5.74) is 0.945. The summed E-state index contributed by atoms with van der Waals surface area (Å²) in [6.07, 6.45) is 0. The quantitative estimate of drug-likeness (QED) is 0.872. The molecule has 0 unspecified atom stereocenters. The highest BCUT2D eigenvalue weighted by Gasteiger charge is 2.25. The topological polar surface area (TPSA) is 71.4 Å². The molecule has 0 radical (unpaired) electrons. The van der Waals surface area contributed by atoms with Gasteiger partial charge in [-0.1, -0.05) is 35.7 Å². The van der Waals surface area contributed by atoms with Gasteiger partial charge >= 0.3 is 0 Å². The van der Waals surface area contributed by atoms with Crippen molar-refractivity contribution < 1.29 is 9.59 Å². The molecule has 2 amide bonds. The number of amidine groups is 1. The van der Waals surface area contributed by atoms with Crippen molar-refractivity contribution >= 4 is 62.1 Å². The van der Waals surface area contributed by atoms with Crippen LogP contribution in [0.3, 0.4) is 0 Å². The largest absolute Gasteiger partial charge is 0.304 e. The average Bonchev–Trinajstić information content (AvgIpc) is 3.00. The molecule has 3 rings (SSSR count). The Balaban J connectivity index is 1.56. The first-order valence-electron chi connectivity index (χ1n) is 6.19. The molecule has 8 heteroatoms. The SMILES string of the molecule is C[C@@H]1SC(NC(=O)CSc2nc3ccccc3s2)=NC1=O. The number of aliphatic imine (C=N–C) groups is 1. The molecule has 1 atom stereocenters. The molecule has 0 spiro atoms. The van der Waals surface area contributed by atoms with Crippen LogP contribution >= 0.6 is 34.9 Å². The van der Waals surface area contributed by atoms with E-state index < -0.39 is 0 Å². The predicted molar refractivity (Wildman–Crippen MR) is 88.0 cm³/mol. The van der Waals surface area contributed by atoms with Crippen LogP contribution < -0.4 is 5.32 Å². The lowest BCUT2D eigenvalue weighted by molar-refractivity contribution is -0.117. The van der Waals surface area contributed by atoms with Crippen LogP contribution in [0.25, 0.3) is 10.2 Å². The van der Waals surface area contributed by atoms with Gasteiger partial charge in [0.15, 0.2) is 9.51 Å². The lowest BCUT2D eigenvalue weighted by Gasteiger charge is -2.02. The fourth-order valence-electron chi connectivity index (χ4n) is 1.69. The summed E-state index contributed by atoms with van der Waals surface area (Å²) in [6, 6.07) is 7.87. The van der Waals surface area contributed by atoms with Crippen LogP contribution in [0.1, 0.15) is 6.92 Å². The molecule has 1 aliphatic heterocycles. The summed E-state index contributed by atoms with van der Waals surface area (Å²) >= 11 is 4.22. The minimum absolute atomic E-state index is 0.174. The second kappa shape index (κ2) is 6.17. The molecule has 1 aromatic carbocycles. The maximum absolute atomic E-state index is 11.8. The number of amides is 2. The highest BCUT2D eigenvalue weighted by atomic mass is 32.2. The smallest absolute Gasteiger partial charge is 0.261 e. The van der Waals surface area contributed by atoms with Crippen LogP contribution in [0.2, 0.25) is 0 Å². The molecule has 0 saturated heterocycles. The molecule has 0 fully saturated rings. The van der Waals surface area contributed by atoms with Crippen molar-refractivity contribution in [1.29, 1.82) is 0 Å². The summed E-state index contributed by atoms with van der Waals surface area (Å²) in [4.78, 5) is 31.4. The van der Waals surface area contributed by atoms with Crippen molar-refractivity contribution in [3.05, 3.63) is 24.3 Å². The lowest BCUT2D eigenvalue weighted by atomic mass is 10.3. The fourth-order valence-corrected chi connectivity index (χ4v) is 4.36. The standard InChI is InChI=1S/C13H11N3O2S3/c1-7-11(18)16-12(20-7)15-10(17)6-19-13-14-8-4-2-3-5-9(8)21-13/h2-5,7H,6H2,1H3,(H,15,16,17,18)/t7-/m0/s1. The van der Waals surface area contributed by atoms with Crippen molar-refractivity contribution in [2.45, 2.75) is 16.5 Å². The van der Waals surface area contributed by atoms with Gasteiger partial charge in [-0.2, -0.15) is 4.99 Å². The van der Waals surface area contributed by atoms with E-state index in [-0.39, 0.29) is 22.8 Å². The van der Waals surface area contributed by atoms with Crippen molar-refractivity contribution in [2.24, 2.45) is 4.99 Å². The molecule has 0 bridgehead atoms. The van der Waals surface area contributed by atoms with Crippen LogP contribution in [0.15, 0.2) is 33.6 Å². The molecule has 1 aromatic heterocycles. The number of thioether (sulfide) groups is 2. The number of rotatable bonds is 3. The van der Waals surface area contributed by atoms with E-state index in [9.17, 15) is 9.59 Å². The maximum Gasteiger partial charge on any atom is 0.261 e. The highest BCUT2D eigenvalue weighted by molar-refractivity contribution is 8.15. The lowest BCUT2D eigenvalue weighted by Crippen LogP contribution is -2.29. The van der Waals surface area contributed by atoms with Crippen LogP contribution in [-0.2, 0) is 9.59 Å². The summed E-state index contributed by atoms with van der Waals surface area (Å²) in [5, 5.41) is 2.83. The first kappa shape index (κ1) is 14.6. The Labute approximate surface area is 133 Å². The molecule has 2 heterocycles. The molecular weight excluding hydrogens is 326 g/mol. The molecule has 0 aliphatic carbocycles. The van der Waals surface area contributed by atoms with Crippen LogP contribution in [0.5, 0.6) is 0 Å². The van der Waals surface area contributed by atoms with Crippen molar-refractivity contribution in [1.82, 2.24) is 10.3 Å². The van der Waals surface area contributed by atoms with Crippen molar-refractivity contribution in [2.75, 3.05) is 5.75 Å². The Morgan fingerprint density at radius 3 is 2.95 bits per heavy atom. The Morgan fingerprint density at radius 1 is 1.43 bits per heavy atom. The summed E-state index contributed by atoms with van der Waals surface area (Å²) in [6.45, 7) is 1.77. The second-order valence-corrected chi connectivity index (χ2v) is 7.88. The Morgan fingerprint density at radius 2 is 2.24 bits per heavy atom. The van der Waals surface area contributed by atoms with E-state index in [0.29, 0.717) is 5.17 Å². The zero-order chi connectivity index (χ0) is 14.8. The Kier molecular flexibility index (Phi) is 4.27. The number of aromatic nitrogens is 1. The van der Waals surface area contributed by atoms with Crippen molar-refractivity contribution in [3.8, 4) is 0 Å². The number of hydrogen-bond acceptors (Lipinski definition) is 6. The first-order chi connectivity index (χ1) is 10.1. The van der Waals surface area contributed by atoms with E-state index in [4.69, 9.17) is 0 Å². The number of benzene rings is 1. The van der Waals surface area contributed by atoms with Gasteiger partial charge in [0.05, 0.1) is 21.2 Å². The molecule has 2 aromatic rings. The van der Waals surface area contributed by atoms with Crippen LogP contribution in [-0.4, -0.2) is 33.0 Å². The number of hydrogen-bond donors (Lipinski definition) is 1. The van der Waals surface area contributed by atoms with Gasteiger partial charge in [-0.3, -0.25) is 9.59 Å². The molecular formula is C13H11N3O2S3. The molecule has 108 valence electrons. The third-order valence-corrected chi connectivity index (χ3v) is 5.85. The zero-order valence-corrected chi connectivity index (χ0v) is 13.5. The molecule has 0 saturated carbocycles. The average molecular weight is 337 g/mol. The van der Waals surface area contributed by atoms with Gasteiger partial charge in [0.1, 0.15) is 0 Å². The normalized spacial score (nSPS) is 18.0. The first-order valence-corrected chi connectivity index (χ1v) is 8.87. The zero-order valence-electron chi connectivity index (χ0n) is 11.0. The van der Waals surface area contributed by atoms with E-state index in [1.54, 1.807) is 18.3 Å². The number of carbonyl (C=O) groups is 2. The van der Waals surface area contributed by atoms with Crippen molar-refractivity contribution in [3.63, 3.8) is 0 Å². The number of thiazole rings is 1. The minimum atomic E-state index is -0.211. The summed E-state index contributed by atoms with van der Waals surface area (Å²) < 4.78 is 1.97. The third-order valence-electron chi connectivity index (χ3n) is 2.70. The number of carbonyl (C=O) groups excluding carboxylic acids is 2. The van der Waals surface area contributed by atoms with Gasteiger partial charge in [-0.25, -0.2) is 4.98 Å². The molecule has 21 heavy (non-hydrogen) atoms. The second-order valence-electron chi connectivity index (χ2n) is 4.30. The van der Waals surface area contributed by atoms with Gasteiger partial charge in [-0.15, -0.1) is 11.3 Å². The number of nitrogens with one attached hydrogen (secondary N) is 1.